The SMILES string of the molecule is CC[C@@H]1C[C@@H]2[C@@H](CC[C@@]3(Cc4ccc(Cl)cc4)c4c(F)ccc(F)c4OC[C@@H]23)NS1(=O)=O. The Hall–Kier alpha value is -1.70. The lowest BCUT2D eigenvalue weighted by Gasteiger charge is -2.56. The summed E-state index contributed by atoms with van der Waals surface area (Å²) in [4.78, 5) is 0. The van der Waals surface area contributed by atoms with Gasteiger partial charge in [-0.05, 0) is 67.9 Å². The molecule has 3 aliphatic rings. The van der Waals surface area contributed by atoms with Gasteiger partial charge in [-0.1, -0.05) is 30.7 Å². The zero-order valence-corrected chi connectivity index (χ0v) is 19.4. The Bertz CT molecular complexity index is 1140. The first-order valence-corrected chi connectivity index (χ1v) is 13.0. The van der Waals surface area contributed by atoms with Gasteiger partial charge in [0.1, 0.15) is 5.82 Å². The molecule has 0 spiro atoms. The van der Waals surface area contributed by atoms with Crippen molar-refractivity contribution >= 4 is 21.6 Å². The van der Waals surface area contributed by atoms with E-state index >= 15 is 4.39 Å². The van der Waals surface area contributed by atoms with Crippen molar-refractivity contribution in [3.8, 4) is 5.75 Å². The van der Waals surface area contributed by atoms with E-state index in [1.54, 1.807) is 12.1 Å². The number of halogens is 3. The summed E-state index contributed by atoms with van der Waals surface area (Å²) in [5.41, 5.74) is 0.594. The minimum absolute atomic E-state index is 0.00269. The van der Waals surface area contributed by atoms with E-state index in [2.05, 4.69) is 4.72 Å². The van der Waals surface area contributed by atoms with E-state index in [0.29, 0.717) is 42.7 Å². The second-order valence-corrected chi connectivity index (χ2v) is 11.8. The molecule has 0 aromatic heterocycles. The molecule has 1 saturated carbocycles. The number of nitrogens with one attached hydrogen (secondary N) is 1. The van der Waals surface area contributed by atoms with Crippen LogP contribution in [0.4, 0.5) is 8.78 Å². The molecule has 2 fully saturated rings. The van der Waals surface area contributed by atoms with E-state index in [1.165, 1.54) is 6.07 Å². The van der Waals surface area contributed by atoms with Crippen molar-refractivity contribution in [2.45, 2.75) is 55.7 Å². The molecule has 0 bridgehead atoms. The van der Waals surface area contributed by atoms with E-state index in [1.807, 2.05) is 19.1 Å². The summed E-state index contributed by atoms with van der Waals surface area (Å²) in [6.45, 7) is 2.11. The van der Waals surface area contributed by atoms with Crippen molar-refractivity contribution in [3.05, 3.63) is 64.2 Å². The van der Waals surface area contributed by atoms with Crippen LogP contribution in [-0.4, -0.2) is 26.3 Å². The van der Waals surface area contributed by atoms with Gasteiger partial charge < -0.3 is 4.74 Å². The number of sulfonamides is 1. The fraction of sp³-hybridized carbons (Fsp3) is 0.500. The molecule has 0 unspecified atom stereocenters. The average molecular weight is 482 g/mol. The topological polar surface area (TPSA) is 55.4 Å². The second kappa shape index (κ2) is 7.96. The molecule has 32 heavy (non-hydrogen) atoms. The molecular formula is C24H26ClF2NO3S. The van der Waals surface area contributed by atoms with Crippen molar-refractivity contribution < 1.29 is 21.9 Å². The lowest BCUT2D eigenvalue weighted by Crippen LogP contribution is -2.62. The van der Waals surface area contributed by atoms with E-state index in [4.69, 9.17) is 16.3 Å². The largest absolute Gasteiger partial charge is 0.490 e. The molecule has 1 N–H and O–H groups in total. The first-order valence-electron chi connectivity index (χ1n) is 11.1. The predicted molar refractivity (Wildman–Crippen MR) is 119 cm³/mol. The van der Waals surface area contributed by atoms with E-state index in [0.717, 1.165) is 11.6 Å². The lowest BCUT2D eigenvalue weighted by atomic mass is 9.53. The van der Waals surface area contributed by atoms with Gasteiger partial charge >= 0.3 is 0 Å². The van der Waals surface area contributed by atoms with E-state index in [-0.39, 0.29) is 30.2 Å². The van der Waals surface area contributed by atoms with Crippen LogP contribution in [0.5, 0.6) is 5.75 Å². The molecule has 8 heteroatoms. The molecule has 5 rings (SSSR count). The molecular weight excluding hydrogens is 456 g/mol. The maximum absolute atomic E-state index is 15.3. The highest BCUT2D eigenvalue weighted by Crippen LogP contribution is 2.57. The molecule has 2 heterocycles. The fourth-order valence-corrected chi connectivity index (χ4v) is 8.23. The Kier molecular flexibility index (Phi) is 5.50. The Labute approximate surface area is 192 Å². The normalized spacial score (nSPS) is 32.9. The standard InChI is InChI=1S/C24H26ClF2NO3S/c1-2-16-11-17-18-13-31-23-20(27)8-7-19(26)22(23)24(18,10-9-21(17)28-32(16,29)30)12-14-3-5-15(25)6-4-14/h3-8,16-18,21,28H,2,9-13H2,1H3/t16-,17+,18+,21-,24+/m1/s1. The minimum atomic E-state index is -3.38. The van der Waals surface area contributed by atoms with Gasteiger partial charge in [0.05, 0.1) is 11.9 Å². The molecule has 2 aromatic carbocycles. The van der Waals surface area contributed by atoms with Gasteiger partial charge in [0.2, 0.25) is 10.0 Å². The summed E-state index contributed by atoms with van der Waals surface area (Å²) in [6.07, 6.45) is 2.63. The Balaban J connectivity index is 1.64. The highest BCUT2D eigenvalue weighted by molar-refractivity contribution is 7.90. The summed E-state index contributed by atoms with van der Waals surface area (Å²) in [7, 11) is -3.38. The first-order chi connectivity index (χ1) is 15.2. The summed E-state index contributed by atoms with van der Waals surface area (Å²) >= 11 is 6.07. The summed E-state index contributed by atoms with van der Waals surface area (Å²) in [5.74, 6) is -1.19. The van der Waals surface area contributed by atoms with Crippen molar-refractivity contribution in [2.24, 2.45) is 11.8 Å². The summed E-state index contributed by atoms with van der Waals surface area (Å²) in [6, 6.07) is 9.52. The van der Waals surface area contributed by atoms with Gasteiger partial charge in [-0.25, -0.2) is 21.9 Å². The van der Waals surface area contributed by atoms with Crippen LogP contribution in [0.15, 0.2) is 36.4 Å². The second-order valence-electron chi connectivity index (χ2n) is 9.35. The molecule has 2 aliphatic heterocycles. The zero-order valence-electron chi connectivity index (χ0n) is 17.8. The van der Waals surface area contributed by atoms with E-state index < -0.39 is 32.3 Å². The molecule has 0 amide bonds. The number of hydrogen-bond donors (Lipinski definition) is 1. The van der Waals surface area contributed by atoms with Crippen molar-refractivity contribution in [3.63, 3.8) is 0 Å². The van der Waals surface area contributed by atoms with Crippen molar-refractivity contribution in [1.82, 2.24) is 4.72 Å². The average Bonchev–Trinajstić information content (AvgIpc) is 2.76. The summed E-state index contributed by atoms with van der Waals surface area (Å²) in [5, 5.41) is 0.123. The van der Waals surface area contributed by atoms with Crippen LogP contribution in [-0.2, 0) is 21.9 Å². The molecule has 1 aliphatic carbocycles. The molecule has 172 valence electrons. The quantitative estimate of drug-likeness (QED) is 0.672. The van der Waals surface area contributed by atoms with Gasteiger partial charge in [0, 0.05) is 28.0 Å². The van der Waals surface area contributed by atoms with Crippen LogP contribution in [0.1, 0.15) is 43.7 Å². The van der Waals surface area contributed by atoms with Crippen molar-refractivity contribution in [2.75, 3.05) is 6.61 Å². The van der Waals surface area contributed by atoms with Crippen LogP contribution >= 0.6 is 11.6 Å². The Morgan fingerprint density at radius 3 is 2.59 bits per heavy atom. The van der Waals surface area contributed by atoms with Gasteiger partial charge in [0.15, 0.2) is 11.6 Å². The van der Waals surface area contributed by atoms with Gasteiger partial charge in [0.25, 0.3) is 0 Å². The maximum atomic E-state index is 15.3. The highest BCUT2D eigenvalue weighted by atomic mass is 35.5. The lowest BCUT2D eigenvalue weighted by molar-refractivity contribution is 0.0109. The number of ether oxygens (including phenoxy) is 1. The third-order valence-electron chi connectivity index (χ3n) is 7.79. The van der Waals surface area contributed by atoms with Gasteiger partial charge in [-0.2, -0.15) is 0 Å². The maximum Gasteiger partial charge on any atom is 0.214 e. The predicted octanol–water partition coefficient (Wildman–Crippen LogP) is 4.99. The molecule has 2 aromatic rings. The Morgan fingerprint density at radius 2 is 1.88 bits per heavy atom. The number of rotatable bonds is 3. The molecule has 5 atom stereocenters. The zero-order chi connectivity index (χ0) is 22.7. The molecule has 4 nitrogen and oxygen atoms in total. The minimum Gasteiger partial charge on any atom is -0.490 e. The van der Waals surface area contributed by atoms with Crippen LogP contribution in [0.25, 0.3) is 0 Å². The first kappa shape index (κ1) is 22.1. The van der Waals surface area contributed by atoms with Crippen LogP contribution in [0.2, 0.25) is 5.02 Å². The monoisotopic (exact) mass is 481 g/mol. The number of fused-ring (bicyclic) bond motifs is 5. The number of benzene rings is 2. The molecule has 0 radical (unpaired) electrons. The third kappa shape index (κ3) is 3.44. The smallest absolute Gasteiger partial charge is 0.214 e. The van der Waals surface area contributed by atoms with Crippen molar-refractivity contribution in [1.29, 1.82) is 0 Å². The van der Waals surface area contributed by atoms with Gasteiger partial charge in [-0.15, -0.1) is 0 Å². The Morgan fingerprint density at radius 1 is 1.16 bits per heavy atom. The summed E-state index contributed by atoms with van der Waals surface area (Å²) < 4.78 is 64.1. The molecule has 1 saturated heterocycles. The van der Waals surface area contributed by atoms with Gasteiger partial charge in [-0.3, -0.25) is 0 Å². The third-order valence-corrected chi connectivity index (χ3v) is 10.1. The highest BCUT2D eigenvalue weighted by Gasteiger charge is 2.57. The van der Waals surface area contributed by atoms with E-state index in [9.17, 15) is 12.8 Å². The van der Waals surface area contributed by atoms with Crippen LogP contribution < -0.4 is 9.46 Å². The number of hydrogen-bond acceptors (Lipinski definition) is 3. The van der Waals surface area contributed by atoms with Crippen LogP contribution in [0, 0.1) is 23.5 Å². The fourth-order valence-electron chi connectivity index (χ4n) is 6.28. The van der Waals surface area contributed by atoms with Crippen LogP contribution in [0.3, 0.4) is 0 Å².